The van der Waals surface area contributed by atoms with Gasteiger partial charge in [0.1, 0.15) is 5.75 Å². The first-order chi connectivity index (χ1) is 16.1. The smallest absolute Gasteiger partial charge is 0.233 e. The van der Waals surface area contributed by atoms with Gasteiger partial charge in [0.2, 0.25) is 5.91 Å². The minimum absolute atomic E-state index is 0.0162. The molecule has 168 valence electrons. The van der Waals surface area contributed by atoms with Crippen LogP contribution in [0.25, 0.3) is 11.4 Å². The number of hydrogen-bond acceptors (Lipinski definition) is 6. The zero-order chi connectivity index (χ0) is 23.0. The molecule has 0 atom stereocenters. The number of hydrogen-bond donors (Lipinski definition) is 0. The van der Waals surface area contributed by atoms with Crippen LogP contribution in [0.1, 0.15) is 11.1 Å². The van der Waals surface area contributed by atoms with E-state index >= 15 is 0 Å². The number of benzene rings is 2. The number of nitrogens with zero attached hydrogens (tertiary/aromatic N) is 5. The summed E-state index contributed by atoms with van der Waals surface area (Å²) in [5, 5.41) is 9.52. The van der Waals surface area contributed by atoms with E-state index in [4.69, 9.17) is 4.74 Å². The average molecular weight is 460 g/mol. The number of thioether (sulfide) groups is 1. The zero-order valence-electron chi connectivity index (χ0n) is 18.6. The molecule has 7 nitrogen and oxygen atoms in total. The van der Waals surface area contributed by atoms with Crippen LogP contribution in [-0.4, -0.2) is 50.5 Å². The molecule has 0 unspecified atom stereocenters. The summed E-state index contributed by atoms with van der Waals surface area (Å²) in [6.45, 7) is 1.12. The average Bonchev–Trinajstić information content (AvgIpc) is 3.26. The number of ether oxygens (including phenoxy) is 1. The topological polar surface area (TPSA) is 73.1 Å². The van der Waals surface area contributed by atoms with Gasteiger partial charge < -0.3 is 9.64 Å². The number of rotatable bonds is 9. The molecule has 8 heteroatoms. The van der Waals surface area contributed by atoms with E-state index in [-0.39, 0.29) is 11.7 Å². The SMILES string of the molecule is COc1cccc(CN(C)C(=O)CSc2nnc(-c3ccncc3)n2Cc2ccccc2)c1. The predicted octanol–water partition coefficient (Wildman–Crippen LogP) is 4.15. The van der Waals surface area contributed by atoms with Crippen LogP contribution in [0.5, 0.6) is 5.75 Å². The molecular weight excluding hydrogens is 434 g/mol. The van der Waals surface area contributed by atoms with Gasteiger partial charge in [0, 0.05) is 31.5 Å². The Kier molecular flexibility index (Phi) is 7.36. The van der Waals surface area contributed by atoms with E-state index in [0.29, 0.717) is 18.2 Å². The molecule has 2 heterocycles. The Morgan fingerprint density at radius 2 is 1.76 bits per heavy atom. The van der Waals surface area contributed by atoms with Crippen LogP contribution in [0.2, 0.25) is 0 Å². The number of methoxy groups -OCH3 is 1. The normalized spacial score (nSPS) is 10.7. The van der Waals surface area contributed by atoms with E-state index in [1.807, 2.05) is 59.2 Å². The Bertz CT molecular complexity index is 1200. The molecule has 2 aromatic heterocycles. The lowest BCUT2D eigenvalue weighted by Gasteiger charge is -2.17. The fourth-order valence-electron chi connectivity index (χ4n) is 3.39. The van der Waals surface area contributed by atoms with Crippen molar-refractivity contribution in [1.82, 2.24) is 24.6 Å². The fraction of sp³-hybridized carbons (Fsp3) is 0.200. The molecule has 1 amide bonds. The Hall–Kier alpha value is -3.65. The third-order valence-electron chi connectivity index (χ3n) is 5.14. The van der Waals surface area contributed by atoms with E-state index in [0.717, 1.165) is 28.3 Å². The first-order valence-electron chi connectivity index (χ1n) is 10.5. The molecule has 2 aromatic carbocycles. The highest BCUT2D eigenvalue weighted by Gasteiger charge is 2.17. The van der Waals surface area contributed by atoms with E-state index in [1.54, 1.807) is 31.5 Å². The monoisotopic (exact) mass is 459 g/mol. The number of aromatic nitrogens is 4. The maximum Gasteiger partial charge on any atom is 0.233 e. The van der Waals surface area contributed by atoms with Gasteiger partial charge >= 0.3 is 0 Å². The molecule has 0 saturated heterocycles. The van der Waals surface area contributed by atoms with Crippen LogP contribution in [0.3, 0.4) is 0 Å². The number of pyridine rings is 1. The largest absolute Gasteiger partial charge is 0.497 e. The summed E-state index contributed by atoms with van der Waals surface area (Å²) in [5.74, 6) is 1.81. The van der Waals surface area contributed by atoms with Gasteiger partial charge in [0.15, 0.2) is 11.0 Å². The second-order valence-corrected chi connectivity index (χ2v) is 8.45. The van der Waals surface area contributed by atoms with Gasteiger partial charge in [-0.3, -0.25) is 14.3 Å². The molecule has 4 rings (SSSR count). The van der Waals surface area contributed by atoms with E-state index < -0.39 is 0 Å². The minimum Gasteiger partial charge on any atom is -0.497 e. The molecule has 33 heavy (non-hydrogen) atoms. The van der Waals surface area contributed by atoms with Crippen LogP contribution in [0.15, 0.2) is 84.3 Å². The third-order valence-corrected chi connectivity index (χ3v) is 6.09. The molecule has 0 fully saturated rings. The highest BCUT2D eigenvalue weighted by molar-refractivity contribution is 7.99. The number of carbonyl (C=O) groups is 1. The van der Waals surface area contributed by atoms with Gasteiger partial charge in [-0.15, -0.1) is 10.2 Å². The van der Waals surface area contributed by atoms with Crippen LogP contribution < -0.4 is 4.74 Å². The van der Waals surface area contributed by atoms with Crippen molar-refractivity contribution in [2.24, 2.45) is 0 Å². The molecule has 0 bridgehead atoms. The summed E-state index contributed by atoms with van der Waals surface area (Å²) in [6, 6.07) is 21.7. The van der Waals surface area contributed by atoms with E-state index in [2.05, 4.69) is 27.3 Å². The molecular formula is C25H25N5O2S. The standard InChI is InChI=1S/C25H25N5O2S/c1-29(16-20-9-6-10-22(15-20)32-2)23(31)18-33-25-28-27-24(21-11-13-26-14-12-21)30(25)17-19-7-4-3-5-8-19/h3-15H,16-18H2,1-2H3. The molecule has 0 N–H and O–H groups in total. The number of carbonyl (C=O) groups excluding carboxylic acids is 1. The van der Waals surface area contributed by atoms with Gasteiger partial charge in [-0.05, 0) is 35.4 Å². The van der Waals surface area contributed by atoms with Crippen LogP contribution in [0.4, 0.5) is 0 Å². The Morgan fingerprint density at radius 1 is 1.00 bits per heavy atom. The molecule has 0 saturated carbocycles. The Morgan fingerprint density at radius 3 is 2.52 bits per heavy atom. The maximum atomic E-state index is 12.8. The lowest BCUT2D eigenvalue weighted by Crippen LogP contribution is -2.28. The highest BCUT2D eigenvalue weighted by Crippen LogP contribution is 2.25. The van der Waals surface area contributed by atoms with Crippen molar-refractivity contribution in [3.05, 3.63) is 90.3 Å². The van der Waals surface area contributed by atoms with Crippen LogP contribution in [-0.2, 0) is 17.9 Å². The lowest BCUT2D eigenvalue weighted by molar-refractivity contribution is -0.127. The highest BCUT2D eigenvalue weighted by atomic mass is 32.2. The minimum atomic E-state index is 0.0162. The maximum absolute atomic E-state index is 12.8. The quantitative estimate of drug-likeness (QED) is 0.350. The second-order valence-electron chi connectivity index (χ2n) is 7.50. The van der Waals surface area contributed by atoms with Crippen LogP contribution >= 0.6 is 11.8 Å². The van der Waals surface area contributed by atoms with Crippen molar-refractivity contribution in [2.45, 2.75) is 18.2 Å². The molecule has 0 radical (unpaired) electrons. The van der Waals surface area contributed by atoms with Gasteiger partial charge in [-0.1, -0.05) is 54.2 Å². The van der Waals surface area contributed by atoms with Crippen molar-refractivity contribution in [2.75, 3.05) is 19.9 Å². The fourth-order valence-corrected chi connectivity index (χ4v) is 4.27. The van der Waals surface area contributed by atoms with E-state index in [1.165, 1.54) is 11.8 Å². The summed E-state index contributed by atoms with van der Waals surface area (Å²) in [5.41, 5.74) is 3.08. The molecule has 0 aliphatic rings. The summed E-state index contributed by atoms with van der Waals surface area (Å²) in [6.07, 6.45) is 3.47. The van der Waals surface area contributed by atoms with Gasteiger partial charge in [0.05, 0.1) is 19.4 Å². The van der Waals surface area contributed by atoms with Crippen molar-refractivity contribution < 1.29 is 9.53 Å². The number of amides is 1. The van der Waals surface area contributed by atoms with Crippen molar-refractivity contribution in [3.63, 3.8) is 0 Å². The van der Waals surface area contributed by atoms with Crippen LogP contribution in [0, 0.1) is 0 Å². The zero-order valence-corrected chi connectivity index (χ0v) is 19.4. The Labute approximate surface area is 197 Å². The summed E-state index contributed by atoms with van der Waals surface area (Å²) >= 11 is 1.39. The Balaban J connectivity index is 1.49. The lowest BCUT2D eigenvalue weighted by atomic mass is 10.2. The first kappa shape index (κ1) is 22.5. The second kappa shape index (κ2) is 10.8. The van der Waals surface area contributed by atoms with Crippen molar-refractivity contribution in [1.29, 1.82) is 0 Å². The van der Waals surface area contributed by atoms with Gasteiger partial charge in [-0.2, -0.15) is 0 Å². The molecule has 4 aromatic rings. The van der Waals surface area contributed by atoms with Gasteiger partial charge in [0.25, 0.3) is 0 Å². The third kappa shape index (κ3) is 5.78. The summed E-state index contributed by atoms with van der Waals surface area (Å²) < 4.78 is 7.32. The summed E-state index contributed by atoms with van der Waals surface area (Å²) in [4.78, 5) is 18.6. The summed E-state index contributed by atoms with van der Waals surface area (Å²) in [7, 11) is 3.44. The van der Waals surface area contributed by atoms with Crippen molar-refractivity contribution >= 4 is 17.7 Å². The predicted molar refractivity (Wildman–Crippen MR) is 129 cm³/mol. The van der Waals surface area contributed by atoms with E-state index in [9.17, 15) is 4.79 Å². The first-order valence-corrected chi connectivity index (χ1v) is 11.5. The molecule has 0 aliphatic heterocycles. The molecule has 0 spiro atoms. The molecule has 0 aliphatic carbocycles. The van der Waals surface area contributed by atoms with Crippen molar-refractivity contribution in [3.8, 4) is 17.1 Å². The van der Waals surface area contributed by atoms with Gasteiger partial charge in [-0.25, -0.2) is 0 Å².